The van der Waals surface area contributed by atoms with Gasteiger partial charge in [-0.3, -0.25) is 4.79 Å². The molecule has 0 aromatic carbocycles. The van der Waals surface area contributed by atoms with Crippen molar-refractivity contribution in [3.8, 4) is 0 Å². The summed E-state index contributed by atoms with van der Waals surface area (Å²) in [6.45, 7) is 4.68. The highest BCUT2D eigenvalue weighted by Gasteiger charge is 2.33. The minimum atomic E-state index is -4.49. The molecule has 2 N–H and O–H groups in total. The van der Waals surface area contributed by atoms with Gasteiger partial charge in [0.05, 0.1) is 4.88 Å². The molecule has 4 nitrogen and oxygen atoms in total. The molecule has 0 radical (unpaired) electrons. The summed E-state index contributed by atoms with van der Waals surface area (Å²) in [5, 5.41) is 6.89. The van der Waals surface area contributed by atoms with E-state index in [9.17, 15) is 18.0 Å². The van der Waals surface area contributed by atoms with Crippen molar-refractivity contribution < 1.29 is 18.0 Å². The Kier molecular flexibility index (Phi) is 5.96. The van der Waals surface area contributed by atoms with Crippen LogP contribution in [0.15, 0.2) is 12.1 Å². The van der Waals surface area contributed by atoms with Gasteiger partial charge in [0.1, 0.15) is 10.5 Å². The molecule has 0 spiro atoms. The molecule has 3 rings (SSSR count). The van der Waals surface area contributed by atoms with Crippen LogP contribution in [0.1, 0.15) is 40.7 Å². The Morgan fingerprint density at radius 2 is 2.12 bits per heavy atom. The number of nitrogens with zero attached hydrogens (tertiary/aromatic N) is 1. The van der Waals surface area contributed by atoms with Gasteiger partial charge in [0, 0.05) is 17.5 Å². The van der Waals surface area contributed by atoms with Crippen LogP contribution >= 0.6 is 23.7 Å². The molecule has 1 amide bonds. The summed E-state index contributed by atoms with van der Waals surface area (Å²) in [7, 11) is 0. The summed E-state index contributed by atoms with van der Waals surface area (Å²) >= 11 is 1.01. The first kappa shape index (κ1) is 19.9. The van der Waals surface area contributed by atoms with Crippen LogP contribution in [0.25, 0.3) is 10.2 Å². The molecule has 2 unspecified atom stereocenters. The maximum Gasteiger partial charge on any atom is 0.433 e. The van der Waals surface area contributed by atoms with Crippen LogP contribution in [0.3, 0.4) is 0 Å². The largest absolute Gasteiger partial charge is 0.433 e. The molecule has 138 valence electrons. The number of nitrogens with one attached hydrogen (secondary N) is 2. The third-order valence-corrected chi connectivity index (χ3v) is 5.58. The molecule has 0 bridgehead atoms. The Morgan fingerprint density at radius 3 is 2.76 bits per heavy atom. The molecule has 25 heavy (non-hydrogen) atoms. The molecule has 1 aliphatic heterocycles. The number of rotatable bonds is 2. The number of amides is 1. The van der Waals surface area contributed by atoms with Gasteiger partial charge in [0.25, 0.3) is 5.91 Å². The third kappa shape index (κ3) is 4.07. The van der Waals surface area contributed by atoms with Crippen LogP contribution in [-0.4, -0.2) is 29.5 Å². The summed E-state index contributed by atoms with van der Waals surface area (Å²) in [4.78, 5) is 16.9. The molecule has 1 saturated heterocycles. The van der Waals surface area contributed by atoms with E-state index < -0.39 is 11.9 Å². The second-order valence-corrected chi connectivity index (χ2v) is 7.07. The number of alkyl halides is 3. The molecule has 9 heteroatoms. The zero-order chi connectivity index (χ0) is 17.5. The Morgan fingerprint density at radius 1 is 1.40 bits per heavy atom. The van der Waals surface area contributed by atoms with Crippen molar-refractivity contribution in [1.29, 1.82) is 0 Å². The predicted octanol–water partition coefficient (Wildman–Crippen LogP) is 3.92. The number of thiophene rings is 1. The summed E-state index contributed by atoms with van der Waals surface area (Å²) in [5.74, 6) is -0.246. The minimum absolute atomic E-state index is 0. The molecule has 2 aromatic rings. The average Bonchev–Trinajstić information content (AvgIpc) is 2.85. The van der Waals surface area contributed by atoms with Gasteiger partial charge in [-0.15, -0.1) is 23.7 Å². The number of pyridine rings is 1. The molecule has 0 saturated carbocycles. The standard InChI is InChI=1S/C16H18F3N3OS.ClH/c1-8-10-5-6-12(16(17,18)19)22-15(10)24-13(8)14(23)21-11-4-3-7-20-9(11)2;/h5-6,9,11,20H,3-4,7H2,1-2H3,(H,21,23);1H. The second-order valence-electron chi connectivity index (χ2n) is 6.07. The van der Waals surface area contributed by atoms with E-state index in [0.717, 1.165) is 36.8 Å². The Balaban J connectivity index is 0.00000225. The number of aryl methyl sites for hydroxylation is 1. The molecule has 0 aliphatic carbocycles. The Labute approximate surface area is 153 Å². The minimum Gasteiger partial charge on any atom is -0.347 e. The number of hydrogen-bond donors (Lipinski definition) is 2. The van der Waals surface area contributed by atoms with Crippen LogP contribution in [0.2, 0.25) is 0 Å². The van der Waals surface area contributed by atoms with E-state index in [1.54, 1.807) is 6.92 Å². The van der Waals surface area contributed by atoms with Gasteiger partial charge in [-0.05, 0) is 50.9 Å². The first-order chi connectivity index (χ1) is 11.3. The zero-order valence-corrected chi connectivity index (χ0v) is 15.4. The summed E-state index contributed by atoms with van der Waals surface area (Å²) < 4.78 is 38.4. The Bertz CT molecular complexity index is 778. The lowest BCUT2D eigenvalue weighted by Gasteiger charge is -2.30. The average molecular weight is 394 g/mol. The van der Waals surface area contributed by atoms with Crippen molar-refractivity contribution >= 4 is 39.9 Å². The van der Waals surface area contributed by atoms with E-state index in [2.05, 4.69) is 15.6 Å². The number of piperidine rings is 1. The van der Waals surface area contributed by atoms with Crippen LogP contribution in [0.4, 0.5) is 13.2 Å². The predicted molar refractivity (Wildman–Crippen MR) is 94.6 cm³/mol. The first-order valence-corrected chi connectivity index (χ1v) is 8.60. The van der Waals surface area contributed by atoms with Crippen LogP contribution < -0.4 is 10.6 Å². The summed E-state index contributed by atoms with van der Waals surface area (Å²) in [5.41, 5.74) is -0.265. The van der Waals surface area contributed by atoms with Gasteiger partial charge in [-0.25, -0.2) is 4.98 Å². The maximum atomic E-state index is 12.8. The van der Waals surface area contributed by atoms with Crippen molar-refractivity contribution in [3.63, 3.8) is 0 Å². The van der Waals surface area contributed by atoms with Gasteiger partial charge < -0.3 is 10.6 Å². The Hall–Kier alpha value is -1.38. The van der Waals surface area contributed by atoms with E-state index in [-0.39, 0.29) is 35.2 Å². The van der Waals surface area contributed by atoms with Crippen molar-refractivity contribution in [2.45, 2.75) is 44.9 Å². The first-order valence-electron chi connectivity index (χ1n) is 7.79. The molecule has 2 aromatic heterocycles. The van der Waals surface area contributed by atoms with Gasteiger partial charge in [0.15, 0.2) is 0 Å². The lowest BCUT2D eigenvalue weighted by atomic mass is 10.00. The van der Waals surface area contributed by atoms with E-state index in [1.807, 2.05) is 6.92 Å². The quantitative estimate of drug-likeness (QED) is 0.813. The number of aromatic nitrogens is 1. The van der Waals surface area contributed by atoms with E-state index in [0.29, 0.717) is 15.8 Å². The second kappa shape index (κ2) is 7.47. The number of halogens is 4. The maximum absolute atomic E-state index is 12.8. The molecular weight excluding hydrogens is 375 g/mol. The summed E-state index contributed by atoms with van der Waals surface area (Å²) in [6, 6.07) is 2.54. The van der Waals surface area contributed by atoms with Gasteiger partial charge >= 0.3 is 6.18 Å². The van der Waals surface area contributed by atoms with Gasteiger partial charge in [-0.1, -0.05) is 0 Å². The van der Waals surface area contributed by atoms with Crippen molar-refractivity contribution in [3.05, 3.63) is 28.3 Å². The number of carbonyl (C=O) groups is 1. The van der Waals surface area contributed by atoms with E-state index in [4.69, 9.17) is 0 Å². The topological polar surface area (TPSA) is 54.0 Å². The monoisotopic (exact) mass is 393 g/mol. The number of carbonyl (C=O) groups excluding carboxylic acids is 1. The van der Waals surface area contributed by atoms with Crippen molar-refractivity contribution in [1.82, 2.24) is 15.6 Å². The molecule has 2 atom stereocenters. The van der Waals surface area contributed by atoms with Crippen LogP contribution in [0, 0.1) is 6.92 Å². The lowest BCUT2D eigenvalue weighted by Crippen LogP contribution is -2.51. The van der Waals surface area contributed by atoms with Crippen LogP contribution in [0.5, 0.6) is 0 Å². The normalized spacial score (nSPS) is 21.0. The summed E-state index contributed by atoms with van der Waals surface area (Å²) in [6.07, 6.45) is -2.62. The van der Waals surface area contributed by atoms with Crippen LogP contribution in [-0.2, 0) is 6.18 Å². The molecular formula is C16H19ClF3N3OS. The highest BCUT2D eigenvalue weighted by Crippen LogP contribution is 2.34. The van der Waals surface area contributed by atoms with Crippen molar-refractivity contribution in [2.75, 3.05) is 6.54 Å². The van der Waals surface area contributed by atoms with E-state index in [1.165, 1.54) is 6.07 Å². The fourth-order valence-electron chi connectivity index (χ4n) is 2.95. The fraction of sp³-hybridized carbons (Fsp3) is 0.500. The molecule has 1 aliphatic rings. The number of hydrogen-bond acceptors (Lipinski definition) is 4. The fourth-order valence-corrected chi connectivity index (χ4v) is 4.03. The molecule has 3 heterocycles. The number of fused-ring (bicyclic) bond motifs is 1. The van der Waals surface area contributed by atoms with Gasteiger partial charge in [-0.2, -0.15) is 13.2 Å². The van der Waals surface area contributed by atoms with E-state index >= 15 is 0 Å². The third-order valence-electron chi connectivity index (χ3n) is 4.38. The smallest absolute Gasteiger partial charge is 0.347 e. The highest BCUT2D eigenvalue weighted by atomic mass is 35.5. The lowest BCUT2D eigenvalue weighted by molar-refractivity contribution is -0.140. The zero-order valence-electron chi connectivity index (χ0n) is 13.7. The van der Waals surface area contributed by atoms with Crippen molar-refractivity contribution in [2.24, 2.45) is 0 Å². The van der Waals surface area contributed by atoms with Gasteiger partial charge in [0.2, 0.25) is 0 Å². The SMILES string of the molecule is Cc1c(C(=O)NC2CCCNC2C)sc2nc(C(F)(F)F)ccc12.Cl. The highest BCUT2D eigenvalue weighted by molar-refractivity contribution is 7.20. The molecule has 1 fully saturated rings.